The second-order valence-electron chi connectivity index (χ2n) is 6.81. The standard InChI is InChI=1S/C20H25N3O3/c1-14(2)20(24)23-11-5-6-15(13-23)18-19(22-10-9-21-18)26-17-8-4-7-16(12-17)25-3/h4,7-10,12,14-15H,5-6,11,13H2,1-3H3/t15-/m0/s1. The zero-order chi connectivity index (χ0) is 18.5. The Hall–Kier alpha value is -2.63. The molecule has 138 valence electrons. The molecule has 2 heterocycles. The number of hydrogen-bond acceptors (Lipinski definition) is 5. The van der Waals surface area contributed by atoms with E-state index in [9.17, 15) is 4.79 Å². The van der Waals surface area contributed by atoms with Gasteiger partial charge in [-0.3, -0.25) is 9.78 Å². The largest absolute Gasteiger partial charge is 0.497 e. The molecular formula is C20H25N3O3. The summed E-state index contributed by atoms with van der Waals surface area (Å²) in [6, 6.07) is 7.40. The zero-order valence-corrected chi connectivity index (χ0v) is 15.5. The van der Waals surface area contributed by atoms with Gasteiger partial charge in [-0.05, 0) is 25.0 Å². The van der Waals surface area contributed by atoms with Crippen molar-refractivity contribution >= 4 is 5.91 Å². The van der Waals surface area contributed by atoms with E-state index in [1.165, 1.54) is 0 Å². The van der Waals surface area contributed by atoms with Gasteiger partial charge in [-0.15, -0.1) is 0 Å². The van der Waals surface area contributed by atoms with Gasteiger partial charge >= 0.3 is 0 Å². The van der Waals surface area contributed by atoms with Crippen LogP contribution in [0.4, 0.5) is 0 Å². The van der Waals surface area contributed by atoms with E-state index in [-0.39, 0.29) is 17.7 Å². The lowest BCUT2D eigenvalue weighted by molar-refractivity contribution is -0.135. The summed E-state index contributed by atoms with van der Waals surface area (Å²) in [6.45, 7) is 5.33. The summed E-state index contributed by atoms with van der Waals surface area (Å²) >= 11 is 0. The maximum absolute atomic E-state index is 12.4. The van der Waals surface area contributed by atoms with E-state index in [2.05, 4.69) is 9.97 Å². The monoisotopic (exact) mass is 355 g/mol. The summed E-state index contributed by atoms with van der Waals surface area (Å²) in [6.07, 6.45) is 5.23. The average Bonchev–Trinajstić information content (AvgIpc) is 2.68. The summed E-state index contributed by atoms with van der Waals surface area (Å²) in [5, 5.41) is 0. The van der Waals surface area contributed by atoms with Crippen molar-refractivity contribution in [1.82, 2.24) is 14.9 Å². The first-order valence-corrected chi connectivity index (χ1v) is 9.00. The lowest BCUT2D eigenvalue weighted by Crippen LogP contribution is -2.41. The number of hydrogen-bond donors (Lipinski definition) is 0. The number of ether oxygens (including phenoxy) is 2. The van der Waals surface area contributed by atoms with Crippen molar-refractivity contribution in [2.75, 3.05) is 20.2 Å². The van der Waals surface area contributed by atoms with Gasteiger partial charge in [-0.2, -0.15) is 0 Å². The van der Waals surface area contributed by atoms with Crippen LogP contribution < -0.4 is 9.47 Å². The molecule has 0 N–H and O–H groups in total. The first-order chi connectivity index (χ1) is 12.6. The topological polar surface area (TPSA) is 64.6 Å². The van der Waals surface area contributed by atoms with Crippen LogP contribution in [-0.4, -0.2) is 41.0 Å². The highest BCUT2D eigenvalue weighted by Gasteiger charge is 2.29. The van der Waals surface area contributed by atoms with Gasteiger partial charge in [0.25, 0.3) is 0 Å². The number of amides is 1. The molecule has 3 rings (SSSR count). The molecule has 1 amide bonds. The Morgan fingerprint density at radius 2 is 2.00 bits per heavy atom. The first kappa shape index (κ1) is 18.2. The van der Waals surface area contributed by atoms with E-state index in [0.717, 1.165) is 30.8 Å². The van der Waals surface area contributed by atoms with Crippen molar-refractivity contribution < 1.29 is 14.3 Å². The van der Waals surface area contributed by atoms with Crippen molar-refractivity contribution in [1.29, 1.82) is 0 Å². The van der Waals surface area contributed by atoms with E-state index in [1.54, 1.807) is 19.5 Å². The van der Waals surface area contributed by atoms with Crippen molar-refractivity contribution in [3.63, 3.8) is 0 Å². The number of likely N-dealkylation sites (tertiary alicyclic amines) is 1. The number of aromatic nitrogens is 2. The van der Waals surface area contributed by atoms with Gasteiger partial charge in [0.2, 0.25) is 11.8 Å². The molecule has 0 aliphatic carbocycles. The quantitative estimate of drug-likeness (QED) is 0.819. The second-order valence-corrected chi connectivity index (χ2v) is 6.81. The van der Waals surface area contributed by atoms with Crippen LogP contribution in [0.15, 0.2) is 36.7 Å². The SMILES string of the molecule is COc1cccc(Oc2nccnc2[C@H]2CCCN(C(=O)C(C)C)C2)c1. The van der Waals surface area contributed by atoms with Gasteiger partial charge in [0.15, 0.2) is 0 Å². The summed E-state index contributed by atoms with van der Waals surface area (Å²) in [7, 11) is 1.62. The van der Waals surface area contributed by atoms with E-state index >= 15 is 0 Å². The number of carbonyl (C=O) groups is 1. The maximum atomic E-state index is 12.4. The molecule has 6 heteroatoms. The van der Waals surface area contributed by atoms with Gasteiger partial charge < -0.3 is 14.4 Å². The molecule has 0 radical (unpaired) electrons. The molecule has 2 aromatic rings. The van der Waals surface area contributed by atoms with Crippen molar-refractivity contribution in [2.24, 2.45) is 5.92 Å². The minimum atomic E-state index is 0.00288. The second kappa shape index (κ2) is 8.17. The van der Waals surface area contributed by atoms with Crippen LogP contribution in [0, 0.1) is 5.92 Å². The fraction of sp³-hybridized carbons (Fsp3) is 0.450. The molecule has 1 aliphatic heterocycles. The molecule has 0 spiro atoms. The molecular weight excluding hydrogens is 330 g/mol. The molecule has 1 fully saturated rings. The van der Waals surface area contributed by atoms with Crippen LogP contribution in [0.1, 0.15) is 38.3 Å². The van der Waals surface area contributed by atoms with E-state index in [0.29, 0.717) is 18.2 Å². The van der Waals surface area contributed by atoms with E-state index in [1.807, 2.05) is 43.0 Å². The number of carbonyl (C=O) groups excluding carboxylic acids is 1. The van der Waals surface area contributed by atoms with E-state index < -0.39 is 0 Å². The Labute approximate surface area is 154 Å². The number of benzene rings is 1. The fourth-order valence-corrected chi connectivity index (χ4v) is 3.24. The van der Waals surface area contributed by atoms with Gasteiger partial charge in [0.1, 0.15) is 17.2 Å². The summed E-state index contributed by atoms with van der Waals surface area (Å²) in [4.78, 5) is 23.2. The molecule has 1 aliphatic rings. The van der Waals surface area contributed by atoms with Crippen molar-refractivity contribution in [2.45, 2.75) is 32.6 Å². The zero-order valence-electron chi connectivity index (χ0n) is 15.5. The molecule has 1 aromatic heterocycles. The predicted molar refractivity (Wildman–Crippen MR) is 98.5 cm³/mol. The molecule has 1 atom stereocenters. The number of methoxy groups -OCH3 is 1. The first-order valence-electron chi connectivity index (χ1n) is 9.00. The molecule has 1 saturated heterocycles. The highest BCUT2D eigenvalue weighted by atomic mass is 16.5. The van der Waals surface area contributed by atoms with Crippen LogP contribution in [0.5, 0.6) is 17.4 Å². The molecule has 0 unspecified atom stereocenters. The normalized spacial score (nSPS) is 17.2. The lowest BCUT2D eigenvalue weighted by atomic mass is 9.94. The van der Waals surface area contributed by atoms with Crippen LogP contribution in [-0.2, 0) is 4.79 Å². The number of piperidine rings is 1. The Kier molecular flexibility index (Phi) is 5.71. The number of nitrogens with zero attached hydrogens (tertiary/aromatic N) is 3. The lowest BCUT2D eigenvalue weighted by Gasteiger charge is -2.33. The number of rotatable bonds is 5. The molecule has 26 heavy (non-hydrogen) atoms. The Bertz CT molecular complexity index is 763. The highest BCUT2D eigenvalue weighted by molar-refractivity contribution is 5.78. The summed E-state index contributed by atoms with van der Waals surface area (Å²) < 4.78 is 11.2. The van der Waals surface area contributed by atoms with Gasteiger partial charge in [0.05, 0.1) is 7.11 Å². The Balaban J connectivity index is 1.81. The van der Waals surface area contributed by atoms with Gasteiger partial charge in [-0.25, -0.2) is 4.98 Å². The van der Waals surface area contributed by atoms with Crippen LogP contribution in [0.25, 0.3) is 0 Å². The predicted octanol–water partition coefficient (Wildman–Crippen LogP) is 3.64. The smallest absolute Gasteiger partial charge is 0.241 e. The summed E-state index contributed by atoms with van der Waals surface area (Å²) in [5.74, 6) is 2.18. The fourth-order valence-electron chi connectivity index (χ4n) is 3.24. The van der Waals surface area contributed by atoms with Crippen molar-refractivity contribution in [3.8, 4) is 17.4 Å². The van der Waals surface area contributed by atoms with Gasteiger partial charge in [0, 0.05) is 43.4 Å². The third-order valence-corrected chi connectivity index (χ3v) is 4.56. The van der Waals surface area contributed by atoms with Crippen LogP contribution >= 0.6 is 0 Å². The van der Waals surface area contributed by atoms with Crippen LogP contribution in [0.3, 0.4) is 0 Å². The Morgan fingerprint density at radius 3 is 2.77 bits per heavy atom. The minimum absolute atomic E-state index is 0.00288. The summed E-state index contributed by atoms with van der Waals surface area (Å²) in [5.41, 5.74) is 0.802. The van der Waals surface area contributed by atoms with E-state index in [4.69, 9.17) is 9.47 Å². The molecule has 6 nitrogen and oxygen atoms in total. The maximum Gasteiger partial charge on any atom is 0.241 e. The van der Waals surface area contributed by atoms with Crippen LogP contribution in [0.2, 0.25) is 0 Å². The van der Waals surface area contributed by atoms with Crippen molar-refractivity contribution in [3.05, 3.63) is 42.4 Å². The molecule has 0 saturated carbocycles. The third-order valence-electron chi connectivity index (χ3n) is 4.56. The highest BCUT2D eigenvalue weighted by Crippen LogP contribution is 2.33. The minimum Gasteiger partial charge on any atom is -0.497 e. The van der Waals surface area contributed by atoms with Gasteiger partial charge in [-0.1, -0.05) is 19.9 Å². The molecule has 1 aromatic carbocycles. The molecule has 0 bridgehead atoms. The third kappa shape index (κ3) is 4.12. The Morgan fingerprint density at radius 1 is 1.23 bits per heavy atom. The average molecular weight is 355 g/mol.